The number of benzene rings is 2. The van der Waals surface area contributed by atoms with Crippen LogP contribution < -0.4 is 20.4 Å². The SMILES string of the molecule is COc1ccc(C(=O)O[NH+]=C(N)Cc2ccccc2OC)cc1. The molecule has 0 atom stereocenters. The zero-order valence-electron chi connectivity index (χ0n) is 13.0. The number of rotatable bonds is 6. The number of carbonyl (C=O) groups excluding carboxylic acids is 1. The van der Waals surface area contributed by atoms with Crippen molar-refractivity contribution in [2.75, 3.05) is 14.2 Å². The first-order valence-electron chi connectivity index (χ1n) is 6.98. The molecule has 0 aliphatic rings. The van der Waals surface area contributed by atoms with Gasteiger partial charge in [-0.3, -0.25) is 10.6 Å². The number of hydrogen-bond donors (Lipinski definition) is 2. The van der Waals surface area contributed by atoms with E-state index in [2.05, 4.69) is 5.16 Å². The molecule has 0 aromatic heterocycles. The maximum atomic E-state index is 11.9. The zero-order chi connectivity index (χ0) is 16.7. The fraction of sp³-hybridized carbons (Fsp3) is 0.176. The summed E-state index contributed by atoms with van der Waals surface area (Å²) in [6.07, 6.45) is 0.375. The molecule has 0 saturated heterocycles. The molecule has 6 heteroatoms. The molecule has 23 heavy (non-hydrogen) atoms. The van der Waals surface area contributed by atoms with Crippen molar-refractivity contribution in [3.05, 3.63) is 59.7 Å². The summed E-state index contributed by atoms with van der Waals surface area (Å²) >= 11 is 0. The quantitative estimate of drug-likeness (QED) is 0.350. The lowest BCUT2D eigenvalue weighted by Crippen LogP contribution is -2.75. The number of carbonyl (C=O) groups is 1. The molecule has 2 aromatic carbocycles. The molecule has 0 bridgehead atoms. The van der Waals surface area contributed by atoms with Crippen LogP contribution in [0.15, 0.2) is 48.5 Å². The van der Waals surface area contributed by atoms with Crippen LogP contribution in [0.4, 0.5) is 0 Å². The minimum Gasteiger partial charge on any atom is -0.497 e. The molecule has 2 rings (SSSR count). The Balaban J connectivity index is 1.99. The molecule has 0 unspecified atom stereocenters. The maximum absolute atomic E-state index is 11.9. The van der Waals surface area contributed by atoms with E-state index in [4.69, 9.17) is 20.0 Å². The Hall–Kier alpha value is -3.02. The van der Waals surface area contributed by atoms with Gasteiger partial charge in [-0.05, 0) is 30.3 Å². The number of nitrogens with two attached hydrogens (primary N) is 1. The van der Waals surface area contributed by atoms with E-state index >= 15 is 0 Å². The molecular formula is C17H19N2O4+. The van der Waals surface area contributed by atoms with E-state index in [1.54, 1.807) is 38.5 Å². The molecule has 2 aromatic rings. The van der Waals surface area contributed by atoms with Gasteiger partial charge in [0.1, 0.15) is 11.5 Å². The Morgan fingerprint density at radius 2 is 1.74 bits per heavy atom. The van der Waals surface area contributed by atoms with Crippen molar-refractivity contribution in [3.8, 4) is 11.5 Å². The van der Waals surface area contributed by atoms with Crippen molar-refractivity contribution >= 4 is 11.8 Å². The highest BCUT2D eigenvalue weighted by Gasteiger charge is 2.11. The number of nitrogens with one attached hydrogen (secondary N) is 1. The third-order valence-electron chi connectivity index (χ3n) is 3.17. The van der Waals surface area contributed by atoms with Crippen LogP contribution in [0.2, 0.25) is 0 Å². The highest BCUT2D eigenvalue weighted by molar-refractivity contribution is 5.89. The lowest BCUT2D eigenvalue weighted by atomic mass is 10.1. The summed E-state index contributed by atoms with van der Waals surface area (Å²) in [5.41, 5.74) is 7.14. The summed E-state index contributed by atoms with van der Waals surface area (Å²) < 4.78 is 10.3. The first kappa shape index (κ1) is 16.4. The second-order valence-corrected chi connectivity index (χ2v) is 4.73. The lowest BCUT2D eigenvalue weighted by molar-refractivity contribution is -0.722. The van der Waals surface area contributed by atoms with E-state index in [1.165, 1.54) is 0 Å². The third kappa shape index (κ3) is 4.47. The first-order chi connectivity index (χ1) is 11.1. The molecule has 0 radical (unpaired) electrons. The van der Waals surface area contributed by atoms with Crippen LogP contribution in [0.5, 0.6) is 11.5 Å². The van der Waals surface area contributed by atoms with Crippen molar-refractivity contribution in [2.45, 2.75) is 6.42 Å². The van der Waals surface area contributed by atoms with Gasteiger partial charge in [-0.2, -0.15) is 0 Å². The maximum Gasteiger partial charge on any atom is 0.387 e. The number of amidine groups is 1. The highest BCUT2D eigenvalue weighted by atomic mass is 16.7. The van der Waals surface area contributed by atoms with Crippen LogP contribution in [0, 0.1) is 0 Å². The largest absolute Gasteiger partial charge is 0.497 e. The van der Waals surface area contributed by atoms with Gasteiger partial charge in [0.05, 0.1) is 26.2 Å². The topological polar surface area (TPSA) is 84.8 Å². The van der Waals surface area contributed by atoms with Crippen molar-refractivity contribution in [2.24, 2.45) is 5.73 Å². The van der Waals surface area contributed by atoms with Crippen LogP contribution in [0.1, 0.15) is 15.9 Å². The Bertz CT molecular complexity index is 696. The third-order valence-corrected chi connectivity index (χ3v) is 3.17. The van der Waals surface area contributed by atoms with Gasteiger partial charge in [-0.1, -0.05) is 23.4 Å². The number of para-hydroxylation sites is 1. The van der Waals surface area contributed by atoms with E-state index < -0.39 is 5.97 Å². The number of hydrogen-bond acceptors (Lipinski definition) is 4. The van der Waals surface area contributed by atoms with Crippen molar-refractivity contribution in [1.82, 2.24) is 0 Å². The summed E-state index contributed by atoms with van der Waals surface area (Å²) in [6, 6.07) is 14.1. The Labute approximate surface area is 134 Å². The second kappa shape index (κ2) is 7.84. The van der Waals surface area contributed by atoms with Crippen molar-refractivity contribution < 1.29 is 24.3 Å². The fourth-order valence-corrected chi connectivity index (χ4v) is 1.99. The van der Waals surface area contributed by atoms with Gasteiger partial charge in [-0.15, -0.1) is 0 Å². The van der Waals surface area contributed by atoms with Gasteiger partial charge < -0.3 is 9.47 Å². The molecule has 0 aliphatic heterocycles. The van der Waals surface area contributed by atoms with Crippen LogP contribution in [-0.4, -0.2) is 26.0 Å². The molecule has 0 spiro atoms. The molecule has 0 amide bonds. The van der Waals surface area contributed by atoms with E-state index in [-0.39, 0.29) is 0 Å². The monoisotopic (exact) mass is 315 g/mol. The predicted octanol–water partition coefficient (Wildman–Crippen LogP) is 0.456. The van der Waals surface area contributed by atoms with Crippen LogP contribution in [-0.2, 0) is 11.3 Å². The second-order valence-electron chi connectivity index (χ2n) is 4.73. The minimum absolute atomic E-state index is 0.302. The Morgan fingerprint density at radius 3 is 2.39 bits per heavy atom. The Kier molecular flexibility index (Phi) is 5.57. The smallest absolute Gasteiger partial charge is 0.387 e. The van der Waals surface area contributed by atoms with E-state index in [0.717, 1.165) is 11.3 Å². The minimum atomic E-state index is -0.532. The average Bonchev–Trinajstić information content (AvgIpc) is 2.60. The standard InChI is InChI=1S/C17H18N2O4/c1-21-14-9-7-12(8-10-14)17(20)23-19-16(18)11-13-5-3-4-6-15(13)22-2/h3-10H,11H2,1-2H3,(H2,18,19)/p+1. The van der Waals surface area contributed by atoms with Crippen molar-refractivity contribution in [3.63, 3.8) is 0 Å². The summed E-state index contributed by atoms with van der Waals surface area (Å²) in [6.45, 7) is 0. The summed E-state index contributed by atoms with van der Waals surface area (Å²) in [7, 11) is 3.15. The van der Waals surface area contributed by atoms with Crippen LogP contribution in [0.25, 0.3) is 0 Å². The van der Waals surface area contributed by atoms with Crippen LogP contribution in [0.3, 0.4) is 0 Å². The van der Waals surface area contributed by atoms with Crippen LogP contribution >= 0.6 is 0 Å². The van der Waals surface area contributed by atoms with Gasteiger partial charge in [-0.25, -0.2) is 4.79 Å². The van der Waals surface area contributed by atoms with Gasteiger partial charge >= 0.3 is 5.97 Å². The van der Waals surface area contributed by atoms with E-state index in [0.29, 0.717) is 23.6 Å². The molecule has 0 aliphatic carbocycles. The summed E-state index contributed by atoms with van der Waals surface area (Å²) in [5.74, 6) is 1.16. The normalized spacial score (nSPS) is 11.0. The van der Waals surface area contributed by atoms with E-state index in [1.807, 2.05) is 24.3 Å². The van der Waals surface area contributed by atoms with Gasteiger partial charge in [0, 0.05) is 5.56 Å². The highest BCUT2D eigenvalue weighted by Crippen LogP contribution is 2.17. The molecule has 0 heterocycles. The number of ether oxygens (including phenoxy) is 2. The molecule has 6 nitrogen and oxygen atoms in total. The fourth-order valence-electron chi connectivity index (χ4n) is 1.99. The number of methoxy groups -OCH3 is 2. The molecule has 120 valence electrons. The Morgan fingerprint density at radius 1 is 1.04 bits per heavy atom. The molecular weight excluding hydrogens is 296 g/mol. The van der Waals surface area contributed by atoms with Crippen molar-refractivity contribution in [1.29, 1.82) is 0 Å². The van der Waals surface area contributed by atoms with E-state index in [9.17, 15) is 4.79 Å². The van der Waals surface area contributed by atoms with Gasteiger partial charge in [0.2, 0.25) is 0 Å². The molecule has 0 fully saturated rings. The average molecular weight is 315 g/mol. The molecule has 3 N–H and O–H groups in total. The first-order valence-corrected chi connectivity index (χ1v) is 6.98. The molecule has 0 saturated carbocycles. The zero-order valence-corrected chi connectivity index (χ0v) is 13.0. The predicted molar refractivity (Wildman–Crippen MR) is 85.3 cm³/mol. The van der Waals surface area contributed by atoms with Gasteiger partial charge in [0.25, 0.3) is 5.84 Å². The lowest BCUT2D eigenvalue weighted by Gasteiger charge is -2.05. The summed E-state index contributed by atoms with van der Waals surface area (Å²) in [5, 5.41) is 2.47. The summed E-state index contributed by atoms with van der Waals surface area (Å²) in [4.78, 5) is 16.9. The van der Waals surface area contributed by atoms with Gasteiger partial charge in [0.15, 0.2) is 0 Å².